The van der Waals surface area contributed by atoms with Gasteiger partial charge in [0.15, 0.2) is 0 Å². The molecule has 1 aliphatic rings. The smallest absolute Gasteiger partial charge is 0.125 e. The second-order valence-electron chi connectivity index (χ2n) is 3.43. The van der Waals surface area contributed by atoms with E-state index in [1.165, 1.54) is 12.8 Å². The van der Waals surface area contributed by atoms with Crippen LogP contribution < -0.4 is 10.6 Å². The number of nitrogens with two attached hydrogens (primary N) is 1. The van der Waals surface area contributed by atoms with E-state index in [4.69, 9.17) is 11.0 Å². The summed E-state index contributed by atoms with van der Waals surface area (Å²) < 4.78 is 0. The Morgan fingerprint density at radius 1 is 1.43 bits per heavy atom. The van der Waals surface area contributed by atoms with Gasteiger partial charge in [0.25, 0.3) is 0 Å². The van der Waals surface area contributed by atoms with E-state index in [0.29, 0.717) is 11.4 Å². The summed E-state index contributed by atoms with van der Waals surface area (Å²) in [4.78, 5) is 6.10. The molecule has 0 radical (unpaired) electrons. The Morgan fingerprint density at radius 2 is 2.14 bits per heavy atom. The van der Waals surface area contributed by atoms with Crippen LogP contribution in [0, 0.1) is 11.3 Å². The van der Waals surface area contributed by atoms with Crippen LogP contribution >= 0.6 is 0 Å². The first-order valence-electron chi connectivity index (χ1n) is 4.72. The van der Waals surface area contributed by atoms with Crippen LogP contribution in [0.4, 0.5) is 11.5 Å². The van der Waals surface area contributed by atoms with Gasteiger partial charge in [-0.25, -0.2) is 4.98 Å². The molecule has 0 aromatic carbocycles. The average molecular weight is 188 g/mol. The van der Waals surface area contributed by atoms with E-state index in [1.807, 2.05) is 0 Å². The lowest BCUT2D eigenvalue weighted by Crippen LogP contribution is -2.19. The summed E-state index contributed by atoms with van der Waals surface area (Å²) in [5.74, 6) is 0.478. The van der Waals surface area contributed by atoms with E-state index in [1.54, 1.807) is 12.3 Å². The van der Waals surface area contributed by atoms with Gasteiger partial charge in [0.2, 0.25) is 0 Å². The van der Waals surface area contributed by atoms with Crippen molar-refractivity contribution in [1.82, 2.24) is 4.98 Å². The molecule has 14 heavy (non-hydrogen) atoms. The molecular weight excluding hydrogens is 176 g/mol. The first-order chi connectivity index (χ1) is 6.81. The van der Waals surface area contributed by atoms with Crippen molar-refractivity contribution < 1.29 is 0 Å². The number of nitriles is 1. The fourth-order valence-corrected chi connectivity index (χ4v) is 1.77. The predicted octanol–water partition coefficient (Wildman–Crippen LogP) is 1.14. The van der Waals surface area contributed by atoms with Gasteiger partial charge in [-0.1, -0.05) is 0 Å². The van der Waals surface area contributed by atoms with E-state index >= 15 is 0 Å². The molecule has 0 spiro atoms. The molecule has 2 N–H and O–H groups in total. The summed E-state index contributed by atoms with van der Waals surface area (Å²) in [7, 11) is 0. The molecule has 4 heteroatoms. The van der Waals surface area contributed by atoms with Gasteiger partial charge < -0.3 is 10.6 Å². The quantitative estimate of drug-likeness (QED) is 0.717. The Bertz CT molecular complexity index is 374. The average Bonchev–Trinajstić information content (AvgIpc) is 2.70. The maximum absolute atomic E-state index is 8.91. The highest BCUT2D eigenvalue weighted by Gasteiger charge is 2.16. The highest BCUT2D eigenvalue weighted by Crippen LogP contribution is 2.24. The molecule has 0 amide bonds. The van der Waals surface area contributed by atoms with Crippen LogP contribution in [-0.4, -0.2) is 18.1 Å². The summed E-state index contributed by atoms with van der Waals surface area (Å²) in [6, 6.07) is 3.92. The van der Waals surface area contributed by atoms with Gasteiger partial charge in [-0.05, 0) is 12.8 Å². The number of rotatable bonds is 1. The lowest BCUT2D eigenvalue weighted by Gasteiger charge is -2.18. The molecule has 0 unspecified atom stereocenters. The lowest BCUT2D eigenvalue weighted by molar-refractivity contribution is 0.949. The van der Waals surface area contributed by atoms with Crippen molar-refractivity contribution in [1.29, 1.82) is 5.26 Å². The lowest BCUT2D eigenvalue weighted by atomic mass is 10.2. The topological polar surface area (TPSA) is 65.9 Å². The number of nitrogen functional groups attached to an aromatic ring is 1. The van der Waals surface area contributed by atoms with E-state index in [-0.39, 0.29) is 0 Å². The summed E-state index contributed by atoms with van der Waals surface area (Å²) >= 11 is 0. The van der Waals surface area contributed by atoms with Gasteiger partial charge >= 0.3 is 0 Å². The zero-order valence-electron chi connectivity index (χ0n) is 7.90. The van der Waals surface area contributed by atoms with E-state index in [2.05, 4.69) is 16.0 Å². The van der Waals surface area contributed by atoms with Crippen molar-refractivity contribution in [3.8, 4) is 6.07 Å². The second-order valence-corrected chi connectivity index (χ2v) is 3.43. The molecule has 1 saturated heterocycles. The van der Waals surface area contributed by atoms with Gasteiger partial charge in [-0.3, -0.25) is 0 Å². The van der Waals surface area contributed by atoms with Crippen molar-refractivity contribution in [2.75, 3.05) is 23.7 Å². The van der Waals surface area contributed by atoms with Crippen molar-refractivity contribution >= 4 is 11.5 Å². The van der Waals surface area contributed by atoms with Crippen LogP contribution in [0.15, 0.2) is 12.3 Å². The molecule has 0 bridgehead atoms. The fourth-order valence-electron chi connectivity index (χ4n) is 1.77. The molecule has 2 heterocycles. The predicted molar refractivity (Wildman–Crippen MR) is 54.8 cm³/mol. The van der Waals surface area contributed by atoms with Gasteiger partial charge in [0.1, 0.15) is 11.9 Å². The zero-order valence-corrected chi connectivity index (χ0v) is 7.90. The molecule has 72 valence electrons. The van der Waals surface area contributed by atoms with Crippen LogP contribution in [0.3, 0.4) is 0 Å². The standard InChI is InChI=1S/C10H12N4/c11-6-8-7-13-10(12)5-9(8)14-3-1-2-4-14/h5,7H,1-4H2,(H2,12,13). The fraction of sp³-hybridized carbons (Fsp3) is 0.400. The number of pyridine rings is 1. The van der Waals surface area contributed by atoms with Gasteiger partial charge in [0.05, 0.1) is 11.3 Å². The van der Waals surface area contributed by atoms with E-state index < -0.39 is 0 Å². The minimum absolute atomic E-state index is 0.478. The number of nitrogens with zero attached hydrogens (tertiary/aromatic N) is 3. The zero-order chi connectivity index (χ0) is 9.97. The Kier molecular flexibility index (Phi) is 2.23. The van der Waals surface area contributed by atoms with Gasteiger partial charge in [0, 0.05) is 25.4 Å². The maximum Gasteiger partial charge on any atom is 0.125 e. The molecule has 1 aromatic rings. The first-order valence-corrected chi connectivity index (χ1v) is 4.72. The molecule has 0 atom stereocenters. The van der Waals surface area contributed by atoms with Crippen LogP contribution in [0.1, 0.15) is 18.4 Å². The molecule has 2 rings (SSSR count). The molecule has 0 aliphatic carbocycles. The maximum atomic E-state index is 8.91. The highest BCUT2D eigenvalue weighted by atomic mass is 15.1. The van der Waals surface area contributed by atoms with Crippen LogP contribution in [0.2, 0.25) is 0 Å². The number of aromatic nitrogens is 1. The normalized spacial score (nSPS) is 15.5. The van der Waals surface area contributed by atoms with Gasteiger partial charge in [-0.15, -0.1) is 0 Å². The molecule has 4 nitrogen and oxygen atoms in total. The molecule has 1 aromatic heterocycles. The SMILES string of the molecule is N#Cc1cnc(N)cc1N1CCCC1. The summed E-state index contributed by atoms with van der Waals surface area (Å²) in [6.45, 7) is 2.02. The minimum atomic E-state index is 0.478. The monoisotopic (exact) mass is 188 g/mol. The molecular formula is C10H12N4. The van der Waals surface area contributed by atoms with Crippen molar-refractivity contribution in [2.45, 2.75) is 12.8 Å². The van der Waals surface area contributed by atoms with Crippen LogP contribution in [-0.2, 0) is 0 Å². The minimum Gasteiger partial charge on any atom is -0.384 e. The molecule has 1 fully saturated rings. The number of hydrogen-bond donors (Lipinski definition) is 1. The summed E-state index contributed by atoms with van der Waals surface area (Å²) in [5, 5.41) is 8.91. The first kappa shape index (κ1) is 8.82. The summed E-state index contributed by atoms with van der Waals surface area (Å²) in [6.07, 6.45) is 3.92. The van der Waals surface area contributed by atoms with E-state index in [9.17, 15) is 0 Å². The van der Waals surface area contributed by atoms with Crippen molar-refractivity contribution in [3.63, 3.8) is 0 Å². The summed E-state index contributed by atoms with van der Waals surface area (Å²) in [5.41, 5.74) is 7.14. The largest absolute Gasteiger partial charge is 0.384 e. The van der Waals surface area contributed by atoms with Gasteiger partial charge in [-0.2, -0.15) is 5.26 Å². The van der Waals surface area contributed by atoms with E-state index in [0.717, 1.165) is 18.8 Å². The third-order valence-corrected chi connectivity index (χ3v) is 2.47. The van der Waals surface area contributed by atoms with Crippen LogP contribution in [0.5, 0.6) is 0 Å². The highest BCUT2D eigenvalue weighted by molar-refractivity contribution is 5.62. The number of anilines is 2. The van der Waals surface area contributed by atoms with Crippen molar-refractivity contribution in [2.24, 2.45) is 0 Å². The Hall–Kier alpha value is -1.76. The second kappa shape index (κ2) is 3.54. The molecule has 1 aliphatic heterocycles. The van der Waals surface area contributed by atoms with Crippen LogP contribution in [0.25, 0.3) is 0 Å². The third-order valence-electron chi connectivity index (χ3n) is 2.47. The van der Waals surface area contributed by atoms with Crippen molar-refractivity contribution in [3.05, 3.63) is 17.8 Å². The third kappa shape index (κ3) is 1.49. The Labute approximate surface area is 83.0 Å². The number of hydrogen-bond acceptors (Lipinski definition) is 4. The Morgan fingerprint density at radius 3 is 2.79 bits per heavy atom. The molecule has 0 saturated carbocycles. The Balaban J connectivity index is 2.39.